The first kappa shape index (κ1) is 9.05. The first-order valence-electron chi connectivity index (χ1n) is 4.64. The van der Waals surface area contributed by atoms with E-state index in [9.17, 15) is 4.39 Å². The maximum atomic E-state index is 12.8. The van der Waals surface area contributed by atoms with Gasteiger partial charge in [-0.1, -0.05) is 13.3 Å². The minimum Gasteiger partial charge on any atom is -0.315 e. The van der Waals surface area contributed by atoms with E-state index in [0.29, 0.717) is 11.2 Å². The summed E-state index contributed by atoms with van der Waals surface area (Å²) < 4.78 is 14.6. The van der Waals surface area contributed by atoms with Crippen molar-refractivity contribution >= 4 is 11.2 Å². The van der Waals surface area contributed by atoms with Gasteiger partial charge in [-0.15, -0.1) is 0 Å². The molecule has 5 heteroatoms. The zero-order valence-electron chi connectivity index (χ0n) is 7.94. The second kappa shape index (κ2) is 3.69. The highest BCUT2D eigenvalue weighted by Gasteiger charge is 2.05. The first-order valence-corrected chi connectivity index (χ1v) is 4.64. The van der Waals surface area contributed by atoms with Gasteiger partial charge in [-0.05, 0) is 6.42 Å². The molecule has 74 valence electrons. The van der Waals surface area contributed by atoms with Crippen LogP contribution >= 0.6 is 0 Å². The van der Waals surface area contributed by atoms with E-state index >= 15 is 0 Å². The number of aromatic nitrogens is 4. The van der Waals surface area contributed by atoms with Crippen LogP contribution in [-0.4, -0.2) is 19.5 Å². The molecule has 2 heterocycles. The number of nitrogens with zero attached hydrogens (tertiary/aromatic N) is 4. The Morgan fingerprint density at radius 1 is 1.43 bits per heavy atom. The zero-order valence-corrected chi connectivity index (χ0v) is 7.94. The SMILES string of the molecule is CCCCn1cnc2cnc(F)nc21. The molecule has 0 aliphatic rings. The maximum absolute atomic E-state index is 12.8. The lowest BCUT2D eigenvalue weighted by Gasteiger charge is -2.00. The van der Waals surface area contributed by atoms with E-state index in [0.717, 1.165) is 19.4 Å². The fourth-order valence-corrected chi connectivity index (χ4v) is 1.33. The Kier molecular flexibility index (Phi) is 2.39. The van der Waals surface area contributed by atoms with Crippen LogP contribution in [-0.2, 0) is 6.54 Å². The Balaban J connectivity index is 2.40. The van der Waals surface area contributed by atoms with Gasteiger partial charge < -0.3 is 4.57 Å². The number of halogens is 1. The van der Waals surface area contributed by atoms with Gasteiger partial charge in [-0.2, -0.15) is 9.37 Å². The molecule has 0 saturated heterocycles. The average Bonchev–Trinajstić information content (AvgIpc) is 2.57. The molecular weight excluding hydrogens is 183 g/mol. The normalized spacial score (nSPS) is 11.0. The largest absolute Gasteiger partial charge is 0.315 e. The standard InChI is InChI=1S/C9H11FN4/c1-2-3-4-14-6-12-7-5-11-9(10)13-8(7)14/h5-6H,2-4H2,1H3. The van der Waals surface area contributed by atoms with Crippen molar-refractivity contribution in [2.75, 3.05) is 0 Å². The smallest absolute Gasteiger partial charge is 0.310 e. The lowest BCUT2D eigenvalue weighted by atomic mass is 10.3. The van der Waals surface area contributed by atoms with Gasteiger partial charge in [-0.3, -0.25) is 0 Å². The van der Waals surface area contributed by atoms with E-state index in [1.807, 2.05) is 4.57 Å². The van der Waals surface area contributed by atoms with Crippen molar-refractivity contribution in [1.29, 1.82) is 0 Å². The van der Waals surface area contributed by atoms with Crippen molar-refractivity contribution in [3.63, 3.8) is 0 Å². The molecule has 0 radical (unpaired) electrons. The monoisotopic (exact) mass is 194 g/mol. The summed E-state index contributed by atoms with van der Waals surface area (Å²) in [4.78, 5) is 11.2. The molecule has 2 rings (SSSR count). The minimum atomic E-state index is -0.698. The van der Waals surface area contributed by atoms with Crippen molar-refractivity contribution in [1.82, 2.24) is 19.5 Å². The maximum Gasteiger partial charge on any atom is 0.310 e. The molecule has 0 bridgehead atoms. The van der Waals surface area contributed by atoms with Gasteiger partial charge in [0.15, 0.2) is 5.65 Å². The van der Waals surface area contributed by atoms with Crippen molar-refractivity contribution in [2.45, 2.75) is 26.3 Å². The fourth-order valence-electron chi connectivity index (χ4n) is 1.33. The molecule has 4 nitrogen and oxygen atoms in total. The Labute approximate surface area is 80.8 Å². The summed E-state index contributed by atoms with van der Waals surface area (Å²) in [5.41, 5.74) is 1.22. The summed E-state index contributed by atoms with van der Waals surface area (Å²) in [6, 6.07) is 0. The average molecular weight is 194 g/mol. The van der Waals surface area contributed by atoms with E-state index in [-0.39, 0.29) is 0 Å². The summed E-state index contributed by atoms with van der Waals surface area (Å²) in [6.07, 6.45) is 4.51. The number of hydrogen-bond donors (Lipinski definition) is 0. The van der Waals surface area contributed by atoms with E-state index in [4.69, 9.17) is 0 Å². The molecule has 0 atom stereocenters. The molecule has 2 aromatic rings. The van der Waals surface area contributed by atoms with Crippen molar-refractivity contribution in [3.05, 3.63) is 18.6 Å². The van der Waals surface area contributed by atoms with Crippen LogP contribution in [0.15, 0.2) is 12.5 Å². The van der Waals surface area contributed by atoms with E-state index in [1.54, 1.807) is 6.33 Å². The highest BCUT2D eigenvalue weighted by atomic mass is 19.1. The molecule has 0 unspecified atom stereocenters. The summed E-state index contributed by atoms with van der Waals surface area (Å²) in [5, 5.41) is 0. The highest BCUT2D eigenvalue weighted by molar-refractivity contribution is 5.68. The number of fused-ring (bicyclic) bond motifs is 1. The van der Waals surface area contributed by atoms with Gasteiger partial charge in [0, 0.05) is 6.54 Å². The molecule has 0 aliphatic carbocycles. The third kappa shape index (κ3) is 1.57. The number of imidazole rings is 1. The zero-order chi connectivity index (χ0) is 9.97. The molecular formula is C9H11FN4. The Bertz CT molecular complexity index is 437. The molecule has 0 amide bonds. The van der Waals surface area contributed by atoms with Crippen LogP contribution in [0.25, 0.3) is 11.2 Å². The molecule has 0 aromatic carbocycles. The Hall–Kier alpha value is -1.52. The molecule has 14 heavy (non-hydrogen) atoms. The van der Waals surface area contributed by atoms with Gasteiger partial charge in [-0.25, -0.2) is 9.97 Å². The van der Waals surface area contributed by atoms with Gasteiger partial charge >= 0.3 is 6.08 Å². The second-order valence-corrected chi connectivity index (χ2v) is 3.14. The quantitative estimate of drug-likeness (QED) is 0.699. The van der Waals surface area contributed by atoms with Crippen LogP contribution in [0.3, 0.4) is 0 Å². The number of hydrogen-bond acceptors (Lipinski definition) is 3. The minimum absolute atomic E-state index is 0.575. The number of aryl methyl sites for hydroxylation is 1. The highest BCUT2D eigenvalue weighted by Crippen LogP contribution is 2.09. The lowest BCUT2D eigenvalue weighted by Crippen LogP contribution is -1.98. The van der Waals surface area contributed by atoms with Crippen LogP contribution < -0.4 is 0 Å². The van der Waals surface area contributed by atoms with E-state index in [2.05, 4.69) is 21.9 Å². The summed E-state index contributed by atoms with van der Waals surface area (Å²) in [5.74, 6) is 0. The van der Waals surface area contributed by atoms with Crippen LogP contribution in [0.1, 0.15) is 19.8 Å². The van der Waals surface area contributed by atoms with E-state index < -0.39 is 6.08 Å². The Morgan fingerprint density at radius 2 is 2.29 bits per heavy atom. The van der Waals surface area contributed by atoms with Crippen LogP contribution in [0, 0.1) is 6.08 Å². The van der Waals surface area contributed by atoms with Crippen molar-refractivity contribution in [2.24, 2.45) is 0 Å². The molecule has 0 fully saturated rings. The molecule has 2 aromatic heterocycles. The number of rotatable bonds is 3. The molecule has 0 aliphatic heterocycles. The second-order valence-electron chi connectivity index (χ2n) is 3.14. The summed E-state index contributed by atoms with van der Waals surface area (Å²) in [7, 11) is 0. The van der Waals surface area contributed by atoms with Crippen molar-refractivity contribution in [3.8, 4) is 0 Å². The van der Waals surface area contributed by atoms with Gasteiger partial charge in [0.25, 0.3) is 0 Å². The third-order valence-corrected chi connectivity index (χ3v) is 2.08. The summed E-state index contributed by atoms with van der Waals surface area (Å²) >= 11 is 0. The van der Waals surface area contributed by atoms with Gasteiger partial charge in [0.2, 0.25) is 0 Å². The predicted octanol–water partition coefficient (Wildman–Crippen LogP) is 1.77. The topological polar surface area (TPSA) is 43.6 Å². The van der Waals surface area contributed by atoms with Gasteiger partial charge in [0.05, 0.1) is 12.5 Å². The first-order chi connectivity index (χ1) is 6.81. The predicted molar refractivity (Wildman–Crippen MR) is 50.2 cm³/mol. The van der Waals surface area contributed by atoms with Crippen LogP contribution in [0.2, 0.25) is 0 Å². The Morgan fingerprint density at radius 3 is 3.07 bits per heavy atom. The fraction of sp³-hybridized carbons (Fsp3) is 0.444. The van der Waals surface area contributed by atoms with Crippen molar-refractivity contribution < 1.29 is 4.39 Å². The molecule has 0 saturated carbocycles. The molecule has 0 N–H and O–H groups in total. The summed E-state index contributed by atoms with van der Waals surface area (Å²) in [6.45, 7) is 2.93. The number of unbranched alkanes of at least 4 members (excludes halogenated alkanes) is 1. The third-order valence-electron chi connectivity index (χ3n) is 2.08. The van der Waals surface area contributed by atoms with E-state index in [1.165, 1.54) is 6.20 Å². The molecule has 0 spiro atoms. The van der Waals surface area contributed by atoms with Crippen LogP contribution in [0.4, 0.5) is 4.39 Å². The lowest BCUT2D eigenvalue weighted by molar-refractivity contribution is 0.539. The van der Waals surface area contributed by atoms with Crippen LogP contribution in [0.5, 0.6) is 0 Å². The van der Waals surface area contributed by atoms with Gasteiger partial charge in [0.1, 0.15) is 5.52 Å².